The van der Waals surface area contributed by atoms with Crippen molar-refractivity contribution in [2.24, 2.45) is 0 Å². The van der Waals surface area contributed by atoms with Crippen LogP contribution in [0.3, 0.4) is 0 Å². The van der Waals surface area contributed by atoms with Crippen LogP contribution in [0.15, 0.2) is 29.1 Å². The number of rotatable bonds is 1. The van der Waals surface area contributed by atoms with Crippen molar-refractivity contribution in [2.75, 3.05) is 6.61 Å². The molecule has 3 rings (SSSR count). The zero-order valence-electron chi connectivity index (χ0n) is 9.69. The molecule has 0 unspecified atom stereocenters. The summed E-state index contributed by atoms with van der Waals surface area (Å²) in [5.74, 6) is 0. The molecule has 0 atom stereocenters. The third kappa shape index (κ3) is 1.70. The van der Waals surface area contributed by atoms with Crippen LogP contribution < -0.4 is 5.56 Å². The van der Waals surface area contributed by atoms with E-state index in [1.165, 1.54) is 0 Å². The van der Waals surface area contributed by atoms with Crippen LogP contribution in [-0.4, -0.2) is 16.4 Å². The molecule has 0 spiro atoms. The lowest BCUT2D eigenvalue weighted by molar-refractivity contribution is 0.108. The Kier molecular flexibility index (Phi) is 2.37. The van der Waals surface area contributed by atoms with E-state index in [4.69, 9.17) is 4.74 Å². The van der Waals surface area contributed by atoms with Crippen LogP contribution >= 0.6 is 0 Å². The standard InChI is InChI=1S/C13H14N2O2/c1-9-3-2-4-10(7-9)15-13(16)11-5-6-17-8-12(11)14-15/h2-4,7,14H,5-6,8H2,1H3. The van der Waals surface area contributed by atoms with Gasteiger partial charge in [-0.2, -0.15) is 0 Å². The molecule has 0 saturated carbocycles. The van der Waals surface area contributed by atoms with Crippen LogP contribution in [0.4, 0.5) is 0 Å². The van der Waals surface area contributed by atoms with Crippen molar-refractivity contribution in [3.63, 3.8) is 0 Å². The largest absolute Gasteiger partial charge is 0.375 e. The number of benzene rings is 1. The van der Waals surface area contributed by atoms with Crippen LogP contribution in [0.2, 0.25) is 0 Å². The maximum absolute atomic E-state index is 12.2. The molecule has 0 aliphatic carbocycles. The van der Waals surface area contributed by atoms with Crippen molar-refractivity contribution in [3.05, 3.63) is 51.4 Å². The van der Waals surface area contributed by atoms with Gasteiger partial charge in [0.2, 0.25) is 0 Å². The predicted octanol–water partition coefficient (Wildman–Crippen LogP) is 1.55. The first-order valence-corrected chi connectivity index (χ1v) is 5.73. The fourth-order valence-corrected chi connectivity index (χ4v) is 2.19. The summed E-state index contributed by atoms with van der Waals surface area (Å²) in [6, 6.07) is 7.88. The molecule has 2 aromatic rings. The first kappa shape index (κ1) is 10.4. The van der Waals surface area contributed by atoms with E-state index in [1.54, 1.807) is 4.68 Å². The number of aryl methyl sites for hydroxylation is 1. The Bertz CT molecular complexity index is 610. The summed E-state index contributed by atoms with van der Waals surface area (Å²) in [5, 5.41) is 3.12. The predicted molar refractivity (Wildman–Crippen MR) is 64.5 cm³/mol. The molecule has 88 valence electrons. The second-order valence-corrected chi connectivity index (χ2v) is 4.35. The van der Waals surface area contributed by atoms with E-state index < -0.39 is 0 Å². The quantitative estimate of drug-likeness (QED) is 0.808. The number of nitrogens with zero attached hydrogens (tertiary/aromatic N) is 1. The van der Waals surface area contributed by atoms with Crippen LogP contribution in [0.1, 0.15) is 16.8 Å². The normalized spacial score (nSPS) is 14.6. The van der Waals surface area contributed by atoms with E-state index in [1.807, 2.05) is 31.2 Å². The van der Waals surface area contributed by atoms with E-state index in [9.17, 15) is 4.79 Å². The molecule has 1 aromatic heterocycles. The van der Waals surface area contributed by atoms with Crippen LogP contribution in [0.5, 0.6) is 0 Å². The minimum absolute atomic E-state index is 0.0499. The monoisotopic (exact) mass is 230 g/mol. The average molecular weight is 230 g/mol. The van der Waals surface area contributed by atoms with E-state index in [2.05, 4.69) is 5.10 Å². The third-order valence-corrected chi connectivity index (χ3v) is 3.07. The number of hydrogen-bond donors (Lipinski definition) is 1. The molecule has 1 aliphatic heterocycles. The summed E-state index contributed by atoms with van der Waals surface area (Å²) in [7, 11) is 0. The van der Waals surface area contributed by atoms with Gasteiger partial charge in [-0.15, -0.1) is 0 Å². The van der Waals surface area contributed by atoms with Gasteiger partial charge in [0, 0.05) is 12.0 Å². The van der Waals surface area contributed by atoms with Gasteiger partial charge in [-0.05, 0) is 24.6 Å². The number of nitrogens with one attached hydrogen (secondary N) is 1. The van der Waals surface area contributed by atoms with Crippen molar-refractivity contribution in [3.8, 4) is 5.69 Å². The van der Waals surface area contributed by atoms with Gasteiger partial charge in [0.1, 0.15) is 0 Å². The lowest BCUT2D eigenvalue weighted by Gasteiger charge is -2.08. The van der Waals surface area contributed by atoms with Crippen molar-refractivity contribution in [1.82, 2.24) is 9.78 Å². The third-order valence-electron chi connectivity index (χ3n) is 3.07. The van der Waals surface area contributed by atoms with Gasteiger partial charge >= 0.3 is 0 Å². The zero-order valence-corrected chi connectivity index (χ0v) is 9.69. The molecule has 0 fully saturated rings. The van der Waals surface area contributed by atoms with Gasteiger partial charge in [0.05, 0.1) is 24.6 Å². The smallest absolute Gasteiger partial charge is 0.274 e. The second kappa shape index (κ2) is 3.89. The molecule has 17 heavy (non-hydrogen) atoms. The second-order valence-electron chi connectivity index (χ2n) is 4.35. The molecule has 0 radical (unpaired) electrons. The molecular weight excluding hydrogens is 216 g/mol. The Morgan fingerprint density at radius 3 is 3.06 bits per heavy atom. The molecule has 1 aliphatic rings. The molecule has 1 N–H and O–H groups in total. The summed E-state index contributed by atoms with van der Waals surface area (Å²) in [6.07, 6.45) is 0.698. The minimum Gasteiger partial charge on any atom is -0.375 e. The van der Waals surface area contributed by atoms with Gasteiger partial charge in [0.15, 0.2) is 0 Å². The molecule has 0 bridgehead atoms. The van der Waals surface area contributed by atoms with Gasteiger partial charge in [-0.3, -0.25) is 9.89 Å². The van der Waals surface area contributed by atoms with Crippen molar-refractivity contribution >= 4 is 0 Å². The van der Waals surface area contributed by atoms with E-state index in [0.717, 1.165) is 22.5 Å². The van der Waals surface area contributed by atoms with Crippen LogP contribution in [0.25, 0.3) is 5.69 Å². The van der Waals surface area contributed by atoms with E-state index in [-0.39, 0.29) is 5.56 Å². The zero-order chi connectivity index (χ0) is 11.8. The summed E-state index contributed by atoms with van der Waals surface area (Å²) in [4.78, 5) is 12.2. The lowest BCUT2D eigenvalue weighted by Crippen LogP contribution is -2.19. The SMILES string of the molecule is Cc1cccc(-n2[nH]c3c(c2=O)CCOC3)c1. The number of ether oxygens (including phenoxy) is 1. The molecular formula is C13H14N2O2. The van der Waals surface area contributed by atoms with Crippen molar-refractivity contribution in [1.29, 1.82) is 0 Å². The number of H-pyrrole nitrogens is 1. The highest BCUT2D eigenvalue weighted by molar-refractivity contribution is 5.36. The Morgan fingerprint density at radius 2 is 2.29 bits per heavy atom. The molecule has 0 amide bonds. The first-order valence-electron chi connectivity index (χ1n) is 5.73. The van der Waals surface area contributed by atoms with Crippen molar-refractivity contribution < 1.29 is 4.74 Å². The number of aromatic nitrogens is 2. The van der Waals surface area contributed by atoms with Gasteiger partial charge in [-0.1, -0.05) is 12.1 Å². The first-order chi connectivity index (χ1) is 8.25. The average Bonchev–Trinajstić information content (AvgIpc) is 2.68. The van der Waals surface area contributed by atoms with Crippen LogP contribution in [-0.2, 0) is 17.8 Å². The Balaban J connectivity index is 2.16. The number of hydrogen-bond acceptors (Lipinski definition) is 2. The van der Waals surface area contributed by atoms with Gasteiger partial charge in [-0.25, -0.2) is 4.68 Å². The summed E-state index contributed by atoms with van der Waals surface area (Å²) >= 11 is 0. The van der Waals surface area contributed by atoms with Crippen LogP contribution in [0, 0.1) is 6.92 Å². The highest BCUT2D eigenvalue weighted by Crippen LogP contribution is 2.14. The van der Waals surface area contributed by atoms with Crippen molar-refractivity contribution in [2.45, 2.75) is 20.0 Å². The van der Waals surface area contributed by atoms with Gasteiger partial charge in [0.25, 0.3) is 5.56 Å². The molecule has 4 nitrogen and oxygen atoms in total. The maximum atomic E-state index is 12.2. The molecule has 2 heterocycles. The Morgan fingerprint density at radius 1 is 1.41 bits per heavy atom. The maximum Gasteiger partial charge on any atom is 0.274 e. The van der Waals surface area contributed by atoms with E-state index >= 15 is 0 Å². The summed E-state index contributed by atoms with van der Waals surface area (Å²) < 4.78 is 6.94. The molecule has 4 heteroatoms. The lowest BCUT2D eigenvalue weighted by atomic mass is 10.1. The highest BCUT2D eigenvalue weighted by Gasteiger charge is 2.18. The summed E-state index contributed by atoms with van der Waals surface area (Å²) in [6.45, 7) is 3.15. The highest BCUT2D eigenvalue weighted by atomic mass is 16.5. The topological polar surface area (TPSA) is 47.0 Å². The number of fused-ring (bicyclic) bond motifs is 1. The Hall–Kier alpha value is -1.81. The summed E-state index contributed by atoms with van der Waals surface area (Å²) in [5.41, 5.74) is 3.83. The number of aromatic amines is 1. The minimum atomic E-state index is 0.0499. The fraction of sp³-hybridized carbons (Fsp3) is 0.308. The fourth-order valence-electron chi connectivity index (χ4n) is 2.19. The van der Waals surface area contributed by atoms with Gasteiger partial charge < -0.3 is 4.74 Å². The molecule has 0 saturated heterocycles. The molecule has 1 aromatic carbocycles. The Labute approximate surface area is 98.8 Å². The van der Waals surface area contributed by atoms with E-state index in [0.29, 0.717) is 19.6 Å².